The molecule has 100 valence electrons. The van der Waals surface area contributed by atoms with Crippen LogP contribution in [0.4, 0.5) is 0 Å². The Morgan fingerprint density at radius 1 is 1.30 bits per heavy atom. The van der Waals surface area contributed by atoms with E-state index >= 15 is 0 Å². The van der Waals surface area contributed by atoms with Crippen molar-refractivity contribution < 1.29 is 4.79 Å². The normalized spacial score (nSPS) is 9.85. The molecule has 0 unspecified atom stereocenters. The fourth-order valence-electron chi connectivity index (χ4n) is 1.70. The number of nitriles is 1. The number of amides is 1. The molecule has 1 N–H and O–H groups in total. The van der Waals surface area contributed by atoms with Gasteiger partial charge in [0.15, 0.2) is 0 Å². The van der Waals surface area contributed by atoms with Crippen LogP contribution in [0.5, 0.6) is 0 Å². The van der Waals surface area contributed by atoms with Crippen LogP contribution in [0.3, 0.4) is 0 Å². The Hall–Kier alpha value is -1.83. The maximum absolute atomic E-state index is 12.1. The average molecular weight is 350 g/mol. The molecule has 1 amide bonds. The number of carbonyl (C=O) groups excluding carboxylic acids is 1. The number of nitrogens with zero attached hydrogens (tertiary/aromatic N) is 1. The Morgan fingerprint density at radius 2 is 2.10 bits per heavy atom. The van der Waals surface area contributed by atoms with Crippen LogP contribution in [0.15, 0.2) is 46.9 Å². The second-order valence-electron chi connectivity index (χ2n) is 4.12. The van der Waals surface area contributed by atoms with Crippen molar-refractivity contribution in [1.29, 1.82) is 5.26 Å². The predicted octanol–water partition coefficient (Wildman–Crippen LogP) is 3.90. The van der Waals surface area contributed by atoms with Crippen LogP contribution >= 0.6 is 27.5 Å². The molecule has 0 bridgehead atoms. The molecule has 0 aliphatic heterocycles. The van der Waals surface area contributed by atoms with Gasteiger partial charge in [-0.05, 0) is 35.9 Å². The van der Waals surface area contributed by atoms with Gasteiger partial charge in [0.1, 0.15) is 0 Å². The molecule has 0 saturated carbocycles. The highest BCUT2D eigenvalue weighted by Gasteiger charge is 2.10. The van der Waals surface area contributed by atoms with E-state index in [9.17, 15) is 4.79 Å². The molecule has 0 spiro atoms. The zero-order chi connectivity index (χ0) is 14.5. The van der Waals surface area contributed by atoms with Gasteiger partial charge >= 0.3 is 0 Å². The SMILES string of the molecule is N#Cc1cccc(CNC(=O)c2cc(Br)ccc2Cl)c1. The molecule has 0 saturated heterocycles. The average Bonchev–Trinajstić information content (AvgIpc) is 2.47. The lowest BCUT2D eigenvalue weighted by atomic mass is 10.1. The Labute approximate surface area is 130 Å². The van der Waals surface area contributed by atoms with Crippen LogP contribution in [0.1, 0.15) is 21.5 Å². The zero-order valence-corrected chi connectivity index (χ0v) is 12.7. The van der Waals surface area contributed by atoms with E-state index in [1.54, 1.807) is 36.4 Å². The monoisotopic (exact) mass is 348 g/mol. The Morgan fingerprint density at radius 3 is 2.85 bits per heavy atom. The highest BCUT2D eigenvalue weighted by molar-refractivity contribution is 9.10. The van der Waals surface area contributed by atoms with E-state index in [1.807, 2.05) is 6.07 Å². The van der Waals surface area contributed by atoms with Crippen molar-refractivity contribution in [3.05, 3.63) is 68.7 Å². The van der Waals surface area contributed by atoms with Crippen molar-refractivity contribution in [3.63, 3.8) is 0 Å². The Bertz CT molecular complexity index is 695. The van der Waals surface area contributed by atoms with Crippen molar-refractivity contribution in [2.75, 3.05) is 0 Å². The zero-order valence-electron chi connectivity index (χ0n) is 10.4. The van der Waals surface area contributed by atoms with Crippen molar-refractivity contribution in [1.82, 2.24) is 5.32 Å². The van der Waals surface area contributed by atoms with Crippen molar-refractivity contribution >= 4 is 33.4 Å². The van der Waals surface area contributed by atoms with E-state index in [-0.39, 0.29) is 5.91 Å². The summed E-state index contributed by atoms with van der Waals surface area (Å²) in [6.07, 6.45) is 0. The summed E-state index contributed by atoms with van der Waals surface area (Å²) in [4.78, 5) is 12.1. The highest BCUT2D eigenvalue weighted by atomic mass is 79.9. The molecule has 20 heavy (non-hydrogen) atoms. The number of halogens is 2. The third-order valence-corrected chi connectivity index (χ3v) is 3.51. The minimum Gasteiger partial charge on any atom is -0.348 e. The van der Waals surface area contributed by atoms with Gasteiger partial charge in [0, 0.05) is 11.0 Å². The first-order valence-corrected chi connectivity index (χ1v) is 6.99. The molecule has 0 radical (unpaired) electrons. The van der Waals surface area contributed by atoms with Gasteiger partial charge < -0.3 is 5.32 Å². The van der Waals surface area contributed by atoms with Gasteiger partial charge in [0.05, 0.1) is 22.2 Å². The maximum Gasteiger partial charge on any atom is 0.253 e. The number of benzene rings is 2. The number of rotatable bonds is 3. The second-order valence-corrected chi connectivity index (χ2v) is 5.44. The summed E-state index contributed by atoms with van der Waals surface area (Å²) in [5, 5.41) is 12.0. The van der Waals surface area contributed by atoms with E-state index in [2.05, 4.69) is 27.3 Å². The predicted molar refractivity (Wildman–Crippen MR) is 81.5 cm³/mol. The van der Waals surface area contributed by atoms with Gasteiger partial charge in [-0.2, -0.15) is 5.26 Å². The lowest BCUT2D eigenvalue weighted by Crippen LogP contribution is -2.23. The quantitative estimate of drug-likeness (QED) is 0.913. The summed E-state index contributed by atoms with van der Waals surface area (Å²) < 4.78 is 0.790. The lowest BCUT2D eigenvalue weighted by Gasteiger charge is -2.07. The van der Waals surface area contributed by atoms with Crippen molar-refractivity contribution in [3.8, 4) is 6.07 Å². The minimum absolute atomic E-state index is 0.251. The van der Waals surface area contributed by atoms with Gasteiger partial charge in [0.25, 0.3) is 5.91 Å². The van der Waals surface area contributed by atoms with Crippen molar-refractivity contribution in [2.45, 2.75) is 6.54 Å². The first-order valence-electron chi connectivity index (χ1n) is 5.82. The summed E-state index contributed by atoms with van der Waals surface area (Å²) in [6.45, 7) is 0.344. The van der Waals surface area contributed by atoms with Crippen LogP contribution in [0, 0.1) is 11.3 Å². The fourth-order valence-corrected chi connectivity index (χ4v) is 2.26. The molecule has 0 aromatic heterocycles. The summed E-state index contributed by atoms with van der Waals surface area (Å²) in [7, 11) is 0. The summed E-state index contributed by atoms with van der Waals surface area (Å²) in [5.74, 6) is -0.251. The molecule has 2 aromatic rings. The Kier molecular flexibility index (Phi) is 4.78. The van der Waals surface area contributed by atoms with Crippen LogP contribution in [0.25, 0.3) is 0 Å². The summed E-state index contributed by atoms with van der Waals surface area (Å²) in [6, 6.07) is 14.3. The van der Waals surface area contributed by atoms with E-state index in [0.29, 0.717) is 22.7 Å². The molecule has 0 atom stereocenters. The molecule has 0 aliphatic rings. The smallest absolute Gasteiger partial charge is 0.253 e. The van der Waals surface area contributed by atoms with Gasteiger partial charge in [0.2, 0.25) is 0 Å². The number of hydrogen-bond donors (Lipinski definition) is 1. The number of carbonyl (C=O) groups is 1. The second kappa shape index (κ2) is 6.56. The van der Waals surface area contributed by atoms with E-state index in [4.69, 9.17) is 16.9 Å². The van der Waals surface area contributed by atoms with E-state index in [1.165, 1.54) is 0 Å². The minimum atomic E-state index is -0.251. The highest BCUT2D eigenvalue weighted by Crippen LogP contribution is 2.21. The first-order chi connectivity index (χ1) is 9.60. The molecule has 2 rings (SSSR count). The van der Waals surface area contributed by atoms with Crippen LogP contribution in [-0.2, 0) is 6.54 Å². The standard InChI is InChI=1S/C15H10BrClN2O/c16-12-4-5-14(17)13(7-12)15(20)19-9-11-3-1-2-10(6-11)8-18/h1-7H,9H2,(H,19,20). The molecular formula is C15H10BrClN2O. The van der Waals surface area contributed by atoms with Gasteiger partial charge in [-0.25, -0.2) is 0 Å². The summed E-state index contributed by atoms with van der Waals surface area (Å²) >= 11 is 9.30. The Balaban J connectivity index is 2.09. The molecule has 0 heterocycles. The van der Waals surface area contributed by atoms with Crippen LogP contribution in [-0.4, -0.2) is 5.91 Å². The van der Waals surface area contributed by atoms with Crippen LogP contribution < -0.4 is 5.32 Å². The molecular weight excluding hydrogens is 340 g/mol. The molecule has 0 aliphatic carbocycles. The topological polar surface area (TPSA) is 52.9 Å². The third-order valence-electron chi connectivity index (χ3n) is 2.68. The maximum atomic E-state index is 12.1. The van der Waals surface area contributed by atoms with Gasteiger partial charge in [-0.3, -0.25) is 4.79 Å². The summed E-state index contributed by atoms with van der Waals surface area (Å²) in [5.41, 5.74) is 1.85. The van der Waals surface area contributed by atoms with Gasteiger partial charge in [-0.15, -0.1) is 0 Å². The molecule has 5 heteroatoms. The lowest BCUT2D eigenvalue weighted by molar-refractivity contribution is 0.0951. The number of nitrogens with one attached hydrogen (secondary N) is 1. The molecule has 3 nitrogen and oxygen atoms in total. The van der Waals surface area contributed by atoms with Crippen molar-refractivity contribution in [2.24, 2.45) is 0 Å². The molecule has 2 aromatic carbocycles. The van der Waals surface area contributed by atoms with E-state index < -0.39 is 0 Å². The fraction of sp³-hybridized carbons (Fsp3) is 0.0667. The third kappa shape index (κ3) is 3.60. The molecule has 0 fully saturated rings. The van der Waals surface area contributed by atoms with E-state index in [0.717, 1.165) is 10.0 Å². The largest absolute Gasteiger partial charge is 0.348 e. The van der Waals surface area contributed by atoms with Gasteiger partial charge in [-0.1, -0.05) is 39.7 Å². The first kappa shape index (κ1) is 14.6. The number of hydrogen-bond acceptors (Lipinski definition) is 2. The van der Waals surface area contributed by atoms with Crippen LogP contribution in [0.2, 0.25) is 5.02 Å².